The third kappa shape index (κ3) is 4.36. The smallest absolute Gasteiger partial charge is 0.252 e. The van der Waals surface area contributed by atoms with Crippen LogP contribution in [0.1, 0.15) is 27.7 Å². The van der Waals surface area contributed by atoms with E-state index in [0.29, 0.717) is 17.9 Å². The van der Waals surface area contributed by atoms with Crippen LogP contribution in [0.5, 0.6) is 5.75 Å². The van der Waals surface area contributed by atoms with Crippen LogP contribution in [0.25, 0.3) is 0 Å². The highest BCUT2D eigenvalue weighted by atomic mass is 16.5. The summed E-state index contributed by atoms with van der Waals surface area (Å²) in [4.78, 5) is 17.1. The summed E-state index contributed by atoms with van der Waals surface area (Å²) >= 11 is 0. The van der Waals surface area contributed by atoms with E-state index < -0.39 is 0 Å². The second-order valence-corrected chi connectivity index (χ2v) is 5.70. The van der Waals surface area contributed by atoms with Gasteiger partial charge in [-0.3, -0.25) is 9.78 Å². The quantitative estimate of drug-likeness (QED) is 0.655. The van der Waals surface area contributed by atoms with Crippen molar-refractivity contribution in [1.29, 1.82) is 0 Å². The number of hydrogen-bond donors (Lipinski definition) is 1. The van der Waals surface area contributed by atoms with E-state index in [9.17, 15) is 4.79 Å². The zero-order chi connectivity index (χ0) is 18.2. The molecular formula is C22H20N2O2. The highest BCUT2D eigenvalue weighted by Crippen LogP contribution is 2.21. The first-order chi connectivity index (χ1) is 12.8. The average Bonchev–Trinajstić information content (AvgIpc) is 2.72. The summed E-state index contributed by atoms with van der Waals surface area (Å²) in [6.07, 6.45) is 3.40. The summed E-state index contributed by atoms with van der Waals surface area (Å²) in [6.45, 7) is 4.05. The number of pyridine rings is 1. The standard InChI is InChI=1S/C22H20N2O2/c1-2-16-26-19-13-11-18(12-14-19)22(25)24-21(17-8-4-3-5-9-17)20-10-6-7-15-23-20/h2-15,21H,1,16H2,(H,24,25). The van der Waals surface area contributed by atoms with Gasteiger partial charge in [-0.25, -0.2) is 0 Å². The monoisotopic (exact) mass is 344 g/mol. The number of amides is 1. The van der Waals surface area contributed by atoms with Crippen LogP contribution >= 0.6 is 0 Å². The van der Waals surface area contributed by atoms with Crippen LogP contribution in [-0.4, -0.2) is 17.5 Å². The third-order valence-electron chi connectivity index (χ3n) is 3.88. The molecule has 4 heteroatoms. The summed E-state index contributed by atoms with van der Waals surface area (Å²) in [7, 11) is 0. The molecule has 0 saturated carbocycles. The molecule has 0 spiro atoms. The molecule has 1 atom stereocenters. The fourth-order valence-electron chi connectivity index (χ4n) is 2.59. The number of carbonyl (C=O) groups excluding carboxylic acids is 1. The molecule has 2 aromatic carbocycles. The van der Waals surface area contributed by atoms with Crippen molar-refractivity contribution in [2.24, 2.45) is 0 Å². The van der Waals surface area contributed by atoms with Gasteiger partial charge in [-0.2, -0.15) is 0 Å². The van der Waals surface area contributed by atoms with Gasteiger partial charge in [0.15, 0.2) is 0 Å². The number of carbonyl (C=O) groups is 1. The highest BCUT2D eigenvalue weighted by molar-refractivity contribution is 5.94. The Morgan fingerprint density at radius 3 is 2.42 bits per heavy atom. The van der Waals surface area contributed by atoms with Crippen molar-refractivity contribution in [3.63, 3.8) is 0 Å². The van der Waals surface area contributed by atoms with Crippen LogP contribution in [0.3, 0.4) is 0 Å². The van der Waals surface area contributed by atoms with E-state index in [1.165, 1.54) is 0 Å². The van der Waals surface area contributed by atoms with Crippen LogP contribution in [0.15, 0.2) is 91.6 Å². The van der Waals surface area contributed by atoms with Crippen LogP contribution in [-0.2, 0) is 0 Å². The summed E-state index contributed by atoms with van der Waals surface area (Å²) in [5.41, 5.74) is 2.33. The molecule has 1 aromatic heterocycles. The van der Waals surface area contributed by atoms with Gasteiger partial charge in [0.2, 0.25) is 0 Å². The van der Waals surface area contributed by atoms with Gasteiger partial charge in [-0.05, 0) is 42.0 Å². The minimum atomic E-state index is -0.318. The molecule has 0 fully saturated rings. The molecule has 0 aliphatic carbocycles. The first kappa shape index (κ1) is 17.4. The largest absolute Gasteiger partial charge is 0.490 e. The Hall–Kier alpha value is -3.40. The Morgan fingerprint density at radius 1 is 1.04 bits per heavy atom. The minimum Gasteiger partial charge on any atom is -0.490 e. The lowest BCUT2D eigenvalue weighted by atomic mass is 10.0. The molecule has 1 unspecified atom stereocenters. The van der Waals surface area contributed by atoms with Crippen LogP contribution in [0, 0.1) is 0 Å². The minimum absolute atomic E-state index is 0.167. The maximum Gasteiger partial charge on any atom is 0.252 e. The average molecular weight is 344 g/mol. The lowest BCUT2D eigenvalue weighted by molar-refractivity contribution is 0.0942. The second-order valence-electron chi connectivity index (χ2n) is 5.70. The van der Waals surface area contributed by atoms with Gasteiger partial charge in [0.25, 0.3) is 5.91 Å². The number of nitrogens with zero attached hydrogens (tertiary/aromatic N) is 1. The van der Waals surface area contributed by atoms with Crippen molar-refractivity contribution in [3.8, 4) is 5.75 Å². The molecule has 4 nitrogen and oxygen atoms in total. The Kier molecular flexibility index (Phi) is 5.78. The number of hydrogen-bond acceptors (Lipinski definition) is 3. The van der Waals surface area contributed by atoms with Crippen LogP contribution in [0.2, 0.25) is 0 Å². The fourth-order valence-corrected chi connectivity index (χ4v) is 2.59. The number of rotatable bonds is 7. The Labute approximate surface area is 153 Å². The predicted octanol–water partition coefficient (Wildman–Crippen LogP) is 4.17. The molecule has 1 N–H and O–H groups in total. The molecule has 26 heavy (non-hydrogen) atoms. The summed E-state index contributed by atoms with van der Waals surface area (Å²) in [5, 5.41) is 3.07. The molecular weight excluding hydrogens is 324 g/mol. The first-order valence-corrected chi connectivity index (χ1v) is 8.38. The molecule has 0 radical (unpaired) electrons. The Morgan fingerprint density at radius 2 is 1.77 bits per heavy atom. The van der Waals surface area contributed by atoms with E-state index >= 15 is 0 Å². The van der Waals surface area contributed by atoms with Gasteiger partial charge < -0.3 is 10.1 Å². The summed E-state index contributed by atoms with van der Waals surface area (Å²) in [6, 6.07) is 22.2. The Balaban J connectivity index is 1.80. The molecule has 0 saturated heterocycles. The molecule has 1 amide bonds. The van der Waals surface area contributed by atoms with Gasteiger partial charge in [0.1, 0.15) is 12.4 Å². The molecule has 3 rings (SSSR count). The zero-order valence-corrected chi connectivity index (χ0v) is 14.3. The number of aromatic nitrogens is 1. The van der Waals surface area contributed by atoms with Crippen molar-refractivity contribution < 1.29 is 9.53 Å². The van der Waals surface area contributed by atoms with E-state index in [2.05, 4.69) is 16.9 Å². The number of nitrogens with one attached hydrogen (secondary N) is 1. The topological polar surface area (TPSA) is 51.2 Å². The van der Waals surface area contributed by atoms with E-state index in [0.717, 1.165) is 11.3 Å². The molecule has 1 heterocycles. The second kappa shape index (κ2) is 8.62. The van der Waals surface area contributed by atoms with Crippen LogP contribution < -0.4 is 10.1 Å². The van der Waals surface area contributed by atoms with Crippen molar-refractivity contribution in [3.05, 3.63) is 108 Å². The zero-order valence-electron chi connectivity index (χ0n) is 14.3. The van der Waals surface area contributed by atoms with Gasteiger partial charge in [0, 0.05) is 11.8 Å². The summed E-state index contributed by atoms with van der Waals surface area (Å²) in [5.74, 6) is 0.533. The molecule has 3 aromatic rings. The van der Waals surface area contributed by atoms with E-state index in [-0.39, 0.29) is 11.9 Å². The van der Waals surface area contributed by atoms with E-state index in [1.54, 1.807) is 36.5 Å². The molecule has 0 bridgehead atoms. The fraction of sp³-hybridized carbons (Fsp3) is 0.0909. The predicted molar refractivity (Wildman–Crippen MR) is 102 cm³/mol. The molecule has 0 aliphatic heterocycles. The maximum absolute atomic E-state index is 12.7. The third-order valence-corrected chi connectivity index (χ3v) is 3.88. The number of ether oxygens (including phenoxy) is 1. The van der Waals surface area contributed by atoms with Gasteiger partial charge in [-0.1, -0.05) is 49.1 Å². The van der Waals surface area contributed by atoms with Crippen molar-refractivity contribution >= 4 is 5.91 Å². The maximum atomic E-state index is 12.7. The summed E-state index contributed by atoms with van der Waals surface area (Å²) < 4.78 is 5.45. The van der Waals surface area contributed by atoms with Gasteiger partial charge >= 0.3 is 0 Å². The van der Waals surface area contributed by atoms with E-state index in [4.69, 9.17) is 4.74 Å². The number of benzene rings is 2. The van der Waals surface area contributed by atoms with Crippen molar-refractivity contribution in [2.45, 2.75) is 6.04 Å². The Bertz CT molecular complexity index is 807. The molecule has 130 valence electrons. The van der Waals surface area contributed by atoms with Gasteiger partial charge in [-0.15, -0.1) is 0 Å². The lowest BCUT2D eigenvalue weighted by Crippen LogP contribution is -2.29. The normalized spacial score (nSPS) is 11.4. The van der Waals surface area contributed by atoms with Gasteiger partial charge in [0.05, 0.1) is 11.7 Å². The van der Waals surface area contributed by atoms with Crippen LogP contribution in [0.4, 0.5) is 0 Å². The lowest BCUT2D eigenvalue weighted by Gasteiger charge is -2.19. The highest BCUT2D eigenvalue weighted by Gasteiger charge is 2.18. The first-order valence-electron chi connectivity index (χ1n) is 8.38. The molecule has 0 aliphatic rings. The SMILES string of the molecule is C=CCOc1ccc(C(=O)NC(c2ccccc2)c2ccccn2)cc1. The van der Waals surface area contributed by atoms with Crippen molar-refractivity contribution in [1.82, 2.24) is 10.3 Å². The van der Waals surface area contributed by atoms with E-state index in [1.807, 2.05) is 48.5 Å². The van der Waals surface area contributed by atoms with Crippen molar-refractivity contribution in [2.75, 3.05) is 6.61 Å².